The van der Waals surface area contributed by atoms with E-state index in [0.717, 1.165) is 44.3 Å². The number of carbonyl (C=O) groups is 2. The van der Waals surface area contributed by atoms with Gasteiger partial charge in [-0.2, -0.15) is 0 Å². The average molecular weight is 533 g/mol. The summed E-state index contributed by atoms with van der Waals surface area (Å²) in [5.74, 6) is -0.576. The van der Waals surface area contributed by atoms with E-state index in [9.17, 15) is 14.7 Å². The molecule has 0 bridgehead atoms. The Hall–Kier alpha value is -5.04. The van der Waals surface area contributed by atoms with Crippen LogP contribution in [0, 0.1) is 0 Å². The van der Waals surface area contributed by atoms with Crippen LogP contribution in [0.5, 0.6) is 5.75 Å². The molecule has 200 valence electrons. The largest absolute Gasteiger partial charge is 0.487 e. The molecule has 3 N–H and O–H groups in total. The number of ether oxygens (including phenoxy) is 2. The smallest absolute Gasteiger partial charge is 0.407 e. The maximum atomic E-state index is 12.8. The number of aliphatic carboxylic acids is 1. The van der Waals surface area contributed by atoms with Crippen LogP contribution < -0.4 is 10.1 Å². The van der Waals surface area contributed by atoms with E-state index in [4.69, 9.17) is 9.47 Å². The summed E-state index contributed by atoms with van der Waals surface area (Å²) in [6.45, 7) is 0.525. The van der Waals surface area contributed by atoms with E-state index < -0.39 is 18.1 Å². The number of amides is 1. The highest BCUT2D eigenvalue weighted by molar-refractivity contribution is 5.89. The van der Waals surface area contributed by atoms with Crippen molar-refractivity contribution in [2.75, 3.05) is 6.61 Å². The average Bonchev–Trinajstić information content (AvgIpc) is 3.54. The van der Waals surface area contributed by atoms with Gasteiger partial charge >= 0.3 is 12.1 Å². The minimum Gasteiger partial charge on any atom is -0.487 e. The third-order valence-corrected chi connectivity index (χ3v) is 7.36. The summed E-state index contributed by atoms with van der Waals surface area (Å²) >= 11 is 0. The van der Waals surface area contributed by atoms with E-state index in [0.29, 0.717) is 12.4 Å². The number of carboxylic acids is 1. The Bertz CT molecular complexity index is 1630. The first-order chi connectivity index (χ1) is 19.6. The molecular formula is C33H28N2O5. The zero-order valence-electron chi connectivity index (χ0n) is 21.7. The molecule has 0 aliphatic heterocycles. The molecule has 0 fully saturated rings. The van der Waals surface area contributed by atoms with Crippen LogP contribution >= 0.6 is 0 Å². The molecule has 0 radical (unpaired) electrons. The number of alkyl carbamates (subject to hydrolysis) is 1. The number of aromatic amines is 1. The molecule has 6 rings (SSSR count). The number of nitrogens with one attached hydrogen (secondary N) is 2. The van der Waals surface area contributed by atoms with Crippen molar-refractivity contribution >= 4 is 23.0 Å². The number of hydrogen-bond acceptors (Lipinski definition) is 4. The SMILES string of the molecule is O=C(NC(Cc1c[nH]c2c(OCc3ccccc3)cccc12)C(=O)O)OCC1c2ccccc2-c2ccccc21. The summed E-state index contributed by atoms with van der Waals surface area (Å²) in [6.07, 6.45) is 1.08. The summed E-state index contributed by atoms with van der Waals surface area (Å²) < 4.78 is 11.6. The Morgan fingerprint density at radius 3 is 2.23 bits per heavy atom. The van der Waals surface area contributed by atoms with Gasteiger partial charge in [-0.3, -0.25) is 0 Å². The molecule has 1 unspecified atom stereocenters. The topological polar surface area (TPSA) is 101 Å². The molecule has 7 nitrogen and oxygen atoms in total. The first-order valence-electron chi connectivity index (χ1n) is 13.2. The van der Waals surface area contributed by atoms with E-state index in [-0.39, 0.29) is 18.9 Å². The Morgan fingerprint density at radius 1 is 0.850 bits per heavy atom. The summed E-state index contributed by atoms with van der Waals surface area (Å²) in [4.78, 5) is 28.1. The first-order valence-corrected chi connectivity index (χ1v) is 13.2. The second-order valence-corrected chi connectivity index (χ2v) is 9.83. The van der Waals surface area contributed by atoms with Crippen molar-refractivity contribution in [3.8, 4) is 16.9 Å². The fraction of sp³-hybridized carbons (Fsp3) is 0.152. The Kier molecular flexibility index (Phi) is 6.93. The first kappa shape index (κ1) is 25.2. The predicted molar refractivity (Wildman–Crippen MR) is 152 cm³/mol. The van der Waals surface area contributed by atoms with Gasteiger partial charge in [-0.25, -0.2) is 9.59 Å². The van der Waals surface area contributed by atoms with E-state index in [1.54, 1.807) is 6.20 Å². The lowest BCUT2D eigenvalue weighted by molar-refractivity contribution is -0.139. The fourth-order valence-electron chi connectivity index (χ4n) is 5.41. The van der Waals surface area contributed by atoms with Crippen LogP contribution in [0.1, 0.15) is 28.2 Å². The van der Waals surface area contributed by atoms with Gasteiger partial charge in [0.1, 0.15) is 25.0 Å². The monoisotopic (exact) mass is 532 g/mol. The van der Waals surface area contributed by atoms with Gasteiger partial charge in [0, 0.05) is 23.9 Å². The highest BCUT2D eigenvalue weighted by atomic mass is 16.5. The van der Waals surface area contributed by atoms with Crippen LogP contribution in [0.2, 0.25) is 0 Å². The highest BCUT2D eigenvalue weighted by Crippen LogP contribution is 2.44. The molecule has 0 spiro atoms. The number of carboxylic acid groups (broad SMARTS) is 1. The molecule has 1 amide bonds. The van der Waals surface area contributed by atoms with Crippen molar-refractivity contribution in [3.63, 3.8) is 0 Å². The number of hydrogen-bond donors (Lipinski definition) is 3. The zero-order chi connectivity index (χ0) is 27.5. The van der Waals surface area contributed by atoms with Crippen LogP contribution in [0.4, 0.5) is 4.79 Å². The van der Waals surface area contributed by atoms with Crippen molar-refractivity contribution in [1.29, 1.82) is 0 Å². The van der Waals surface area contributed by atoms with Crippen LogP contribution in [-0.4, -0.2) is 34.8 Å². The Morgan fingerprint density at radius 2 is 1.52 bits per heavy atom. The van der Waals surface area contributed by atoms with E-state index in [2.05, 4.69) is 22.4 Å². The van der Waals surface area contributed by atoms with Crippen molar-refractivity contribution in [3.05, 3.63) is 126 Å². The summed E-state index contributed by atoms with van der Waals surface area (Å²) in [6, 6.07) is 30.5. The molecule has 1 aliphatic carbocycles. The number of benzene rings is 4. The van der Waals surface area contributed by atoms with E-state index >= 15 is 0 Å². The van der Waals surface area contributed by atoms with Crippen molar-refractivity contribution in [2.45, 2.75) is 25.0 Å². The van der Waals surface area contributed by atoms with Gasteiger partial charge in [0.05, 0.1) is 5.52 Å². The van der Waals surface area contributed by atoms with Gasteiger partial charge in [-0.1, -0.05) is 91.0 Å². The summed E-state index contributed by atoms with van der Waals surface area (Å²) in [7, 11) is 0. The fourth-order valence-corrected chi connectivity index (χ4v) is 5.41. The van der Waals surface area contributed by atoms with E-state index in [1.807, 2.05) is 84.9 Å². The second kappa shape index (κ2) is 11.0. The van der Waals surface area contributed by atoms with Crippen LogP contribution in [-0.2, 0) is 22.6 Å². The predicted octanol–water partition coefficient (Wildman–Crippen LogP) is 6.28. The molecule has 1 aromatic heterocycles. The Labute approximate surface area is 231 Å². The summed E-state index contributed by atoms with van der Waals surface area (Å²) in [5, 5.41) is 13.3. The van der Waals surface area contributed by atoms with Crippen molar-refractivity contribution < 1.29 is 24.2 Å². The normalized spacial score (nSPS) is 12.9. The van der Waals surface area contributed by atoms with Gasteiger partial charge in [0.25, 0.3) is 0 Å². The van der Waals surface area contributed by atoms with Gasteiger partial charge in [-0.05, 0) is 39.4 Å². The third kappa shape index (κ3) is 5.01. The number of para-hydroxylation sites is 1. The van der Waals surface area contributed by atoms with Gasteiger partial charge in [0.2, 0.25) is 0 Å². The van der Waals surface area contributed by atoms with Gasteiger partial charge in [-0.15, -0.1) is 0 Å². The number of rotatable bonds is 9. The van der Waals surface area contributed by atoms with Gasteiger partial charge in [0.15, 0.2) is 0 Å². The van der Waals surface area contributed by atoms with Crippen LogP contribution in [0.15, 0.2) is 103 Å². The van der Waals surface area contributed by atoms with Crippen LogP contribution in [0.25, 0.3) is 22.0 Å². The third-order valence-electron chi connectivity index (χ3n) is 7.36. The molecule has 1 atom stereocenters. The lowest BCUT2D eigenvalue weighted by Crippen LogP contribution is -2.42. The molecular weight excluding hydrogens is 504 g/mol. The Balaban J connectivity index is 1.13. The molecule has 5 aromatic rings. The van der Waals surface area contributed by atoms with Crippen LogP contribution in [0.3, 0.4) is 0 Å². The molecule has 4 aromatic carbocycles. The minimum absolute atomic E-state index is 0.0850. The maximum absolute atomic E-state index is 12.8. The highest BCUT2D eigenvalue weighted by Gasteiger charge is 2.30. The number of carbonyl (C=O) groups excluding carboxylic acids is 1. The van der Waals surface area contributed by atoms with Crippen molar-refractivity contribution in [1.82, 2.24) is 10.3 Å². The molecule has 40 heavy (non-hydrogen) atoms. The molecule has 1 heterocycles. The molecule has 7 heteroatoms. The lowest BCUT2D eigenvalue weighted by Gasteiger charge is -2.17. The number of fused-ring (bicyclic) bond motifs is 4. The van der Waals surface area contributed by atoms with E-state index in [1.165, 1.54) is 0 Å². The number of aromatic nitrogens is 1. The molecule has 1 aliphatic rings. The lowest BCUT2D eigenvalue weighted by atomic mass is 9.98. The quantitative estimate of drug-likeness (QED) is 0.207. The zero-order valence-corrected chi connectivity index (χ0v) is 21.7. The van der Waals surface area contributed by atoms with Crippen molar-refractivity contribution in [2.24, 2.45) is 0 Å². The molecule has 0 saturated heterocycles. The standard InChI is InChI=1S/C33H28N2O5/c36-32(37)29(17-22-18-34-31-23(22)15-8-16-30(31)39-19-21-9-2-1-3-10-21)35-33(38)40-20-28-26-13-6-4-11-24(26)25-12-5-7-14-27(25)28/h1-16,18,28-29,34H,17,19-20H2,(H,35,38)(H,36,37). The second-order valence-electron chi connectivity index (χ2n) is 9.83. The van der Waals surface area contributed by atoms with Gasteiger partial charge < -0.3 is 24.9 Å². The maximum Gasteiger partial charge on any atom is 0.407 e. The number of H-pyrrole nitrogens is 1. The minimum atomic E-state index is -1.16. The summed E-state index contributed by atoms with van der Waals surface area (Å²) in [5.41, 5.74) is 7.02. The molecule has 0 saturated carbocycles.